The molecule has 2 aliphatic rings. The summed E-state index contributed by atoms with van der Waals surface area (Å²) in [6, 6.07) is 1.76. The number of piperidine rings is 2. The summed E-state index contributed by atoms with van der Waals surface area (Å²) in [7, 11) is 2.11. The molecule has 25 heavy (non-hydrogen) atoms. The Morgan fingerprint density at radius 2 is 1.88 bits per heavy atom. The molecule has 1 aromatic rings. The van der Waals surface area contributed by atoms with Gasteiger partial charge in [0.1, 0.15) is 11.5 Å². The SMILES string of the molecule is Cc1cc(C(=O)N2CCC(C(N)=O)CC2)nc([C@@H]2CCCN(C)C2)n1. The average molecular weight is 345 g/mol. The minimum Gasteiger partial charge on any atom is -0.369 e. The number of amides is 2. The maximum atomic E-state index is 12.8. The maximum Gasteiger partial charge on any atom is 0.272 e. The molecular weight excluding hydrogens is 318 g/mol. The largest absolute Gasteiger partial charge is 0.369 e. The smallest absolute Gasteiger partial charge is 0.272 e. The number of aryl methyl sites for hydroxylation is 1. The molecule has 1 aromatic heterocycles. The average Bonchev–Trinajstić information content (AvgIpc) is 2.60. The summed E-state index contributed by atoms with van der Waals surface area (Å²) in [4.78, 5) is 37.4. The molecule has 7 heteroatoms. The highest BCUT2D eigenvalue weighted by molar-refractivity contribution is 5.92. The van der Waals surface area contributed by atoms with Crippen molar-refractivity contribution in [3.63, 3.8) is 0 Å². The van der Waals surface area contributed by atoms with Crippen molar-refractivity contribution in [3.05, 3.63) is 23.3 Å². The van der Waals surface area contributed by atoms with Gasteiger partial charge in [-0.2, -0.15) is 0 Å². The van der Waals surface area contributed by atoms with Crippen molar-refractivity contribution in [1.29, 1.82) is 0 Å². The number of nitrogens with two attached hydrogens (primary N) is 1. The van der Waals surface area contributed by atoms with Gasteiger partial charge in [0.25, 0.3) is 5.91 Å². The lowest BCUT2D eigenvalue weighted by Crippen LogP contribution is -2.42. The van der Waals surface area contributed by atoms with Crippen LogP contribution < -0.4 is 5.73 Å². The minimum absolute atomic E-state index is 0.0705. The van der Waals surface area contributed by atoms with Gasteiger partial charge in [0, 0.05) is 37.2 Å². The van der Waals surface area contributed by atoms with Crippen LogP contribution in [0.5, 0.6) is 0 Å². The quantitative estimate of drug-likeness (QED) is 0.880. The molecule has 0 aromatic carbocycles. The molecule has 0 unspecified atom stereocenters. The van der Waals surface area contributed by atoms with Crippen molar-refractivity contribution in [1.82, 2.24) is 19.8 Å². The fourth-order valence-electron chi connectivity index (χ4n) is 3.79. The van der Waals surface area contributed by atoms with Crippen LogP contribution in [0, 0.1) is 12.8 Å². The van der Waals surface area contributed by atoms with Crippen LogP contribution in [0.1, 0.15) is 53.6 Å². The lowest BCUT2D eigenvalue weighted by molar-refractivity contribution is -0.123. The molecule has 3 rings (SSSR count). The highest BCUT2D eigenvalue weighted by Gasteiger charge is 2.28. The first kappa shape index (κ1) is 17.8. The first-order valence-electron chi connectivity index (χ1n) is 9.06. The number of nitrogens with zero attached hydrogens (tertiary/aromatic N) is 4. The van der Waals surface area contributed by atoms with Crippen LogP contribution in [0.15, 0.2) is 6.07 Å². The zero-order chi connectivity index (χ0) is 18.0. The van der Waals surface area contributed by atoms with E-state index in [0.717, 1.165) is 37.4 Å². The molecule has 3 heterocycles. The van der Waals surface area contributed by atoms with E-state index in [0.29, 0.717) is 31.6 Å². The summed E-state index contributed by atoms with van der Waals surface area (Å²) in [6.07, 6.45) is 3.45. The second kappa shape index (κ2) is 7.47. The zero-order valence-corrected chi connectivity index (χ0v) is 15.1. The van der Waals surface area contributed by atoms with Gasteiger partial charge in [-0.15, -0.1) is 0 Å². The molecule has 0 saturated carbocycles. The molecule has 136 valence electrons. The summed E-state index contributed by atoms with van der Waals surface area (Å²) in [5.74, 6) is 0.602. The summed E-state index contributed by atoms with van der Waals surface area (Å²) >= 11 is 0. The third-order valence-corrected chi connectivity index (χ3v) is 5.26. The van der Waals surface area contributed by atoms with E-state index in [1.165, 1.54) is 0 Å². The van der Waals surface area contributed by atoms with Gasteiger partial charge in [0.15, 0.2) is 0 Å². The van der Waals surface area contributed by atoms with Crippen molar-refractivity contribution in [2.24, 2.45) is 11.7 Å². The third kappa shape index (κ3) is 4.15. The first-order chi connectivity index (χ1) is 11.9. The molecule has 0 aliphatic carbocycles. The number of carbonyl (C=O) groups is 2. The van der Waals surface area contributed by atoms with Gasteiger partial charge < -0.3 is 15.5 Å². The van der Waals surface area contributed by atoms with Crippen LogP contribution in [0.4, 0.5) is 0 Å². The molecule has 2 N–H and O–H groups in total. The third-order valence-electron chi connectivity index (χ3n) is 5.26. The Morgan fingerprint density at radius 3 is 2.52 bits per heavy atom. The van der Waals surface area contributed by atoms with Gasteiger partial charge in [-0.25, -0.2) is 9.97 Å². The van der Waals surface area contributed by atoms with Crippen LogP contribution in [-0.2, 0) is 4.79 Å². The van der Waals surface area contributed by atoms with Crippen LogP contribution in [-0.4, -0.2) is 64.8 Å². The molecule has 1 atom stereocenters. The predicted octanol–water partition coefficient (Wildman–Crippen LogP) is 0.932. The lowest BCUT2D eigenvalue weighted by Gasteiger charge is -2.31. The Kier molecular flexibility index (Phi) is 5.32. The Labute approximate surface area is 148 Å². The Balaban J connectivity index is 1.73. The summed E-state index contributed by atoms with van der Waals surface area (Å²) in [5.41, 5.74) is 6.66. The summed E-state index contributed by atoms with van der Waals surface area (Å²) in [6.45, 7) is 5.05. The molecular formula is C18H27N5O2. The van der Waals surface area contributed by atoms with Crippen LogP contribution in [0.25, 0.3) is 0 Å². The zero-order valence-electron chi connectivity index (χ0n) is 15.1. The van der Waals surface area contributed by atoms with E-state index < -0.39 is 0 Å². The highest BCUT2D eigenvalue weighted by atomic mass is 16.2. The number of rotatable bonds is 3. The van der Waals surface area contributed by atoms with Gasteiger partial charge in [0.05, 0.1) is 0 Å². The molecule has 2 amide bonds. The number of likely N-dealkylation sites (tertiary alicyclic amines) is 2. The predicted molar refractivity (Wildman–Crippen MR) is 94.1 cm³/mol. The van der Waals surface area contributed by atoms with Gasteiger partial charge in [-0.1, -0.05) is 0 Å². The molecule has 0 spiro atoms. The highest BCUT2D eigenvalue weighted by Crippen LogP contribution is 2.25. The number of hydrogen-bond acceptors (Lipinski definition) is 5. The second-order valence-electron chi connectivity index (χ2n) is 7.32. The maximum absolute atomic E-state index is 12.8. The lowest BCUT2D eigenvalue weighted by atomic mass is 9.96. The second-order valence-corrected chi connectivity index (χ2v) is 7.32. The van der Waals surface area contributed by atoms with E-state index in [2.05, 4.69) is 21.9 Å². The molecule has 7 nitrogen and oxygen atoms in total. The first-order valence-corrected chi connectivity index (χ1v) is 9.06. The van der Waals surface area contributed by atoms with Gasteiger partial charge in [-0.3, -0.25) is 9.59 Å². The topological polar surface area (TPSA) is 92.4 Å². The number of primary amides is 1. The van der Waals surface area contributed by atoms with Gasteiger partial charge in [-0.05, 0) is 52.3 Å². The van der Waals surface area contributed by atoms with Crippen LogP contribution >= 0.6 is 0 Å². The van der Waals surface area contributed by atoms with Crippen LogP contribution in [0.3, 0.4) is 0 Å². The van der Waals surface area contributed by atoms with E-state index in [1.54, 1.807) is 11.0 Å². The van der Waals surface area contributed by atoms with Gasteiger partial charge >= 0.3 is 0 Å². The van der Waals surface area contributed by atoms with E-state index in [-0.39, 0.29) is 23.7 Å². The number of likely N-dealkylation sites (N-methyl/N-ethyl adjacent to an activating group) is 1. The van der Waals surface area contributed by atoms with Crippen molar-refractivity contribution < 1.29 is 9.59 Å². The molecule has 2 aliphatic heterocycles. The molecule has 2 saturated heterocycles. The molecule has 0 bridgehead atoms. The Morgan fingerprint density at radius 1 is 1.16 bits per heavy atom. The summed E-state index contributed by atoms with van der Waals surface area (Å²) < 4.78 is 0. The fourth-order valence-corrected chi connectivity index (χ4v) is 3.79. The van der Waals surface area contributed by atoms with Crippen molar-refractivity contribution in [2.75, 3.05) is 33.2 Å². The molecule has 0 radical (unpaired) electrons. The Bertz CT molecular complexity index is 655. The minimum atomic E-state index is -0.270. The Hall–Kier alpha value is -2.02. The normalized spacial score (nSPS) is 22.8. The standard InChI is InChI=1S/C18H27N5O2/c1-12-10-15(18(25)23-8-5-13(6-9-23)16(19)24)21-17(20-12)14-4-3-7-22(2)11-14/h10,13-14H,3-9,11H2,1-2H3,(H2,19,24)/t14-/m1/s1. The number of carbonyl (C=O) groups excluding carboxylic acids is 2. The van der Waals surface area contributed by atoms with E-state index in [4.69, 9.17) is 5.73 Å². The van der Waals surface area contributed by atoms with Gasteiger partial charge in [0.2, 0.25) is 5.91 Å². The number of hydrogen-bond donors (Lipinski definition) is 1. The van der Waals surface area contributed by atoms with Crippen molar-refractivity contribution in [3.8, 4) is 0 Å². The van der Waals surface area contributed by atoms with Crippen LogP contribution in [0.2, 0.25) is 0 Å². The van der Waals surface area contributed by atoms with E-state index in [9.17, 15) is 9.59 Å². The van der Waals surface area contributed by atoms with E-state index in [1.807, 2.05) is 6.92 Å². The molecule has 2 fully saturated rings. The van der Waals surface area contributed by atoms with Crippen molar-refractivity contribution >= 4 is 11.8 Å². The summed E-state index contributed by atoms with van der Waals surface area (Å²) in [5, 5.41) is 0. The van der Waals surface area contributed by atoms with Crippen molar-refractivity contribution in [2.45, 2.75) is 38.5 Å². The fraction of sp³-hybridized carbons (Fsp3) is 0.667. The van der Waals surface area contributed by atoms with E-state index >= 15 is 0 Å². The monoisotopic (exact) mass is 345 g/mol. The number of aromatic nitrogens is 2.